The van der Waals surface area contributed by atoms with E-state index in [1.807, 2.05) is 5.82 Å². The van der Waals surface area contributed by atoms with Crippen molar-refractivity contribution in [1.29, 1.82) is 0 Å². The average molecular weight is 92.5 g/mol. The van der Waals surface area contributed by atoms with Crippen LogP contribution < -0.4 is 0 Å². The number of hydrogen-bond donors (Lipinski definition) is 0. The fraction of sp³-hybridized carbons (Fsp3) is 0. The van der Waals surface area contributed by atoms with Gasteiger partial charge >= 0.3 is 0 Å². The van der Waals surface area contributed by atoms with Crippen LogP contribution in [-0.2, 0) is 0 Å². The summed E-state index contributed by atoms with van der Waals surface area (Å²) >= 11 is 5.26. The first-order valence-electron chi connectivity index (χ1n) is 1.02. The second-order valence-electron chi connectivity index (χ2n) is 0.637. The largest absolute Gasteiger partial charge is 0.0838 e. The molecule has 0 amide bonds. The third-order valence-electron chi connectivity index (χ3n) is 0.253. The summed E-state index contributed by atoms with van der Waals surface area (Å²) in [6.07, 6.45) is 0. The van der Waals surface area contributed by atoms with Gasteiger partial charge in [-0.1, -0.05) is 20.2 Å². The van der Waals surface area contributed by atoms with Crippen molar-refractivity contribution in [3.8, 4) is 0 Å². The predicted molar refractivity (Wildman–Crippen MR) is 22.3 cm³/mol. The highest BCUT2D eigenvalue weighted by atomic mass is 35.5. The van der Waals surface area contributed by atoms with Crippen molar-refractivity contribution in [3.63, 3.8) is 0 Å². The summed E-state index contributed by atoms with van der Waals surface area (Å²) in [6, 6.07) is 0. The van der Waals surface area contributed by atoms with E-state index in [2.05, 4.69) is 0 Å². The van der Waals surface area contributed by atoms with Crippen molar-refractivity contribution in [2.75, 3.05) is 0 Å². The Kier molecular flexibility index (Phi) is 0.471. The molecule has 1 unspecified atom stereocenters. The fourth-order valence-corrected chi connectivity index (χ4v) is 0.245. The highest BCUT2D eigenvalue weighted by Crippen LogP contribution is 2.44. The molecule has 0 aliphatic carbocycles. The first-order chi connectivity index (χ1) is 1.89. The van der Waals surface area contributed by atoms with Gasteiger partial charge in [0.1, 0.15) is 0 Å². The second kappa shape index (κ2) is 0.702. The fourth-order valence-electron chi connectivity index (χ4n) is 0.0273. The molecule has 0 aromatic heterocycles. The van der Waals surface area contributed by atoms with Gasteiger partial charge in [-0.25, -0.2) is 0 Å². The zero-order valence-corrected chi connectivity index (χ0v) is 3.71. The minimum Gasteiger partial charge on any atom is -0.0838 e. The van der Waals surface area contributed by atoms with E-state index in [9.17, 15) is 0 Å². The maximum Gasteiger partial charge on any atom is 0.0427 e. The number of rotatable bonds is 0. The van der Waals surface area contributed by atoms with Crippen LogP contribution in [0, 0.1) is 0 Å². The van der Waals surface area contributed by atoms with Gasteiger partial charge in [0.2, 0.25) is 0 Å². The highest BCUT2D eigenvalue weighted by molar-refractivity contribution is 7.58. The summed E-state index contributed by atoms with van der Waals surface area (Å²) < 4.78 is 1.04. The molecule has 0 saturated heterocycles. The Labute approximate surface area is 31.6 Å². The van der Waals surface area contributed by atoms with Crippen molar-refractivity contribution >= 4 is 20.2 Å². The van der Waals surface area contributed by atoms with Crippen LogP contribution in [-0.4, -0.2) is 0 Å². The van der Waals surface area contributed by atoms with Crippen LogP contribution in [0.4, 0.5) is 0 Å². The third-order valence-corrected chi connectivity index (χ3v) is 1.41. The molecule has 0 spiro atoms. The van der Waals surface area contributed by atoms with Gasteiger partial charge in [0, 0.05) is 4.77 Å². The Hall–Kier alpha value is 0.460. The molecule has 0 radical (unpaired) electrons. The predicted octanol–water partition coefficient (Wildman–Crippen LogP) is 1.72. The van der Waals surface area contributed by atoms with Gasteiger partial charge in [0.25, 0.3) is 0 Å². The third kappa shape index (κ3) is 0.438. The van der Waals surface area contributed by atoms with Crippen LogP contribution in [0.3, 0.4) is 0 Å². The van der Waals surface area contributed by atoms with E-state index < -0.39 is 0 Å². The molecule has 0 N–H and O–H groups in total. The van der Waals surface area contributed by atoms with E-state index in [-0.39, 0.29) is 0 Å². The van der Waals surface area contributed by atoms with Crippen molar-refractivity contribution < 1.29 is 0 Å². The molecule has 0 nitrogen and oxygen atoms in total. The Bertz CT molecular complexity index is 57.1. The lowest BCUT2D eigenvalue weighted by atomic mass is 11.3. The molecular formula is C2H2ClP. The topological polar surface area (TPSA) is 0 Å². The first kappa shape index (κ1) is 2.68. The standard InChI is InChI=1S/C2H2ClP/c3-2-1-4-2/h1,4H. The van der Waals surface area contributed by atoms with Crippen LogP contribution in [0.15, 0.2) is 10.6 Å². The summed E-state index contributed by atoms with van der Waals surface area (Å²) in [4.78, 5) is 0. The van der Waals surface area contributed by atoms with Crippen molar-refractivity contribution in [2.45, 2.75) is 0 Å². The van der Waals surface area contributed by atoms with Crippen molar-refractivity contribution in [3.05, 3.63) is 10.6 Å². The van der Waals surface area contributed by atoms with E-state index in [1.165, 1.54) is 0 Å². The lowest BCUT2D eigenvalue weighted by molar-refractivity contribution is 2.63. The number of halogens is 1. The smallest absolute Gasteiger partial charge is 0.0427 e. The van der Waals surface area contributed by atoms with Gasteiger partial charge in [-0.05, 0) is 5.82 Å². The number of hydrogen-bond acceptors (Lipinski definition) is 0. The van der Waals surface area contributed by atoms with Crippen molar-refractivity contribution in [2.24, 2.45) is 0 Å². The molecule has 0 aromatic rings. The van der Waals surface area contributed by atoms with Crippen LogP contribution in [0.2, 0.25) is 0 Å². The molecule has 1 aliphatic heterocycles. The Morgan fingerprint density at radius 1 is 2.00 bits per heavy atom. The molecule has 0 aromatic carbocycles. The quantitative estimate of drug-likeness (QED) is 0.399. The van der Waals surface area contributed by atoms with Crippen LogP contribution >= 0.6 is 20.2 Å². The minimum absolute atomic E-state index is 0.864. The molecule has 22 valence electrons. The maximum absolute atomic E-state index is 5.26. The minimum atomic E-state index is 0.864. The SMILES string of the molecule is ClC1=CP1. The zero-order valence-electron chi connectivity index (χ0n) is 1.96. The van der Waals surface area contributed by atoms with E-state index in [0.29, 0.717) is 0 Å². The molecule has 1 atom stereocenters. The van der Waals surface area contributed by atoms with Gasteiger partial charge in [-0.3, -0.25) is 0 Å². The normalized spacial score (nSPS) is 25.8. The van der Waals surface area contributed by atoms with E-state index >= 15 is 0 Å². The summed E-state index contributed by atoms with van der Waals surface area (Å²) in [5.41, 5.74) is 0. The van der Waals surface area contributed by atoms with Crippen LogP contribution in [0.25, 0.3) is 0 Å². The highest BCUT2D eigenvalue weighted by Gasteiger charge is 1.97. The van der Waals surface area contributed by atoms with Gasteiger partial charge in [0.15, 0.2) is 0 Å². The maximum atomic E-state index is 5.26. The second-order valence-corrected chi connectivity index (χ2v) is 2.48. The lowest BCUT2D eigenvalue weighted by Gasteiger charge is -1.43. The Morgan fingerprint density at radius 2 is 2.25 bits per heavy atom. The van der Waals surface area contributed by atoms with Gasteiger partial charge < -0.3 is 0 Å². The molecule has 1 aliphatic rings. The Balaban J connectivity index is 2.54. The summed E-state index contributed by atoms with van der Waals surface area (Å²) in [7, 11) is 0.864. The summed E-state index contributed by atoms with van der Waals surface area (Å²) in [5, 5.41) is 0. The van der Waals surface area contributed by atoms with Gasteiger partial charge in [0.05, 0.1) is 0 Å². The molecule has 2 heteroatoms. The van der Waals surface area contributed by atoms with Crippen LogP contribution in [0.5, 0.6) is 0 Å². The molecule has 4 heavy (non-hydrogen) atoms. The van der Waals surface area contributed by atoms with E-state index in [0.717, 1.165) is 13.4 Å². The summed E-state index contributed by atoms with van der Waals surface area (Å²) in [5.74, 6) is 2.00. The van der Waals surface area contributed by atoms with Gasteiger partial charge in [-0.15, -0.1) is 0 Å². The molecule has 0 fully saturated rings. The molecule has 1 heterocycles. The molecule has 0 saturated carbocycles. The molecule has 0 bridgehead atoms. The Morgan fingerprint density at radius 3 is 2.25 bits per heavy atom. The molecular weight excluding hydrogens is 90.4 g/mol. The lowest BCUT2D eigenvalue weighted by Crippen LogP contribution is -1.01. The van der Waals surface area contributed by atoms with E-state index in [4.69, 9.17) is 11.6 Å². The first-order valence-corrected chi connectivity index (χ1v) is 2.47. The summed E-state index contributed by atoms with van der Waals surface area (Å²) in [6.45, 7) is 0. The zero-order chi connectivity index (χ0) is 2.99. The average Bonchev–Trinajstić information content (AvgIpc) is 1.75. The van der Waals surface area contributed by atoms with Crippen molar-refractivity contribution in [1.82, 2.24) is 0 Å². The monoisotopic (exact) mass is 92.0 g/mol. The van der Waals surface area contributed by atoms with Gasteiger partial charge in [-0.2, -0.15) is 0 Å². The molecule has 1 rings (SSSR count). The van der Waals surface area contributed by atoms with Crippen LogP contribution in [0.1, 0.15) is 0 Å². The van der Waals surface area contributed by atoms with E-state index in [1.54, 1.807) is 0 Å².